The number of likely N-dealkylation sites (tertiary alicyclic amines) is 2. The predicted molar refractivity (Wildman–Crippen MR) is 93.1 cm³/mol. The van der Waals surface area contributed by atoms with Gasteiger partial charge in [0.1, 0.15) is 5.52 Å². The molecule has 5 nitrogen and oxygen atoms in total. The van der Waals surface area contributed by atoms with Crippen LogP contribution in [0.2, 0.25) is 0 Å². The fraction of sp³-hybridized carbons (Fsp3) is 0.579. The average Bonchev–Trinajstić information content (AvgIpc) is 3.30. The molecule has 2 atom stereocenters. The molecule has 2 aromatic heterocycles. The molecule has 0 saturated carbocycles. The number of hydrogen-bond acceptors (Lipinski definition) is 4. The number of fused-ring (bicyclic) bond motifs is 1. The summed E-state index contributed by atoms with van der Waals surface area (Å²) in [6.07, 6.45) is 4.63. The van der Waals surface area contributed by atoms with Gasteiger partial charge in [0.25, 0.3) is 5.91 Å². The van der Waals surface area contributed by atoms with Gasteiger partial charge in [-0.2, -0.15) is 0 Å². The van der Waals surface area contributed by atoms with E-state index in [1.807, 2.05) is 24.0 Å². The first-order valence-corrected chi connectivity index (χ1v) is 9.09. The Morgan fingerprint density at radius 3 is 2.88 bits per heavy atom. The number of likely N-dealkylation sites (N-methyl/N-ethyl adjacent to an activating group) is 1. The van der Waals surface area contributed by atoms with Crippen LogP contribution in [0.4, 0.5) is 0 Å². The van der Waals surface area contributed by atoms with Crippen molar-refractivity contribution in [1.29, 1.82) is 0 Å². The van der Waals surface area contributed by atoms with Crippen LogP contribution in [-0.2, 0) is 0 Å². The summed E-state index contributed by atoms with van der Waals surface area (Å²) in [5, 5.41) is 0. The summed E-state index contributed by atoms with van der Waals surface area (Å²) in [5.41, 5.74) is 2.40. The molecular weight excluding hydrogens is 302 g/mol. The van der Waals surface area contributed by atoms with Crippen molar-refractivity contribution in [3.63, 3.8) is 0 Å². The molecule has 2 aliphatic heterocycles. The van der Waals surface area contributed by atoms with Gasteiger partial charge in [0, 0.05) is 30.4 Å². The van der Waals surface area contributed by atoms with Gasteiger partial charge in [0.05, 0.1) is 0 Å². The summed E-state index contributed by atoms with van der Waals surface area (Å²) in [4.78, 5) is 22.1. The van der Waals surface area contributed by atoms with Gasteiger partial charge in [-0.3, -0.25) is 9.69 Å². The van der Waals surface area contributed by atoms with E-state index in [1.54, 1.807) is 6.07 Å². The lowest BCUT2D eigenvalue weighted by atomic mass is 10.0. The van der Waals surface area contributed by atoms with Gasteiger partial charge in [-0.25, -0.2) is 4.98 Å². The Labute approximate surface area is 142 Å². The zero-order chi connectivity index (χ0) is 16.7. The second kappa shape index (κ2) is 6.20. The lowest BCUT2D eigenvalue weighted by Crippen LogP contribution is -2.48. The quantitative estimate of drug-likeness (QED) is 0.868. The fourth-order valence-electron chi connectivity index (χ4n) is 4.40. The smallest absolute Gasteiger partial charge is 0.289 e. The van der Waals surface area contributed by atoms with Crippen LogP contribution in [0, 0.1) is 6.92 Å². The zero-order valence-electron chi connectivity index (χ0n) is 14.5. The van der Waals surface area contributed by atoms with Crippen LogP contribution in [0.3, 0.4) is 0 Å². The Morgan fingerprint density at radius 1 is 1.25 bits per heavy atom. The Morgan fingerprint density at radius 2 is 2.04 bits per heavy atom. The van der Waals surface area contributed by atoms with Gasteiger partial charge in [-0.05, 0) is 57.8 Å². The monoisotopic (exact) mass is 327 g/mol. The van der Waals surface area contributed by atoms with E-state index in [-0.39, 0.29) is 5.91 Å². The van der Waals surface area contributed by atoms with E-state index in [4.69, 9.17) is 4.42 Å². The van der Waals surface area contributed by atoms with Crippen molar-refractivity contribution in [2.24, 2.45) is 0 Å². The third-order valence-electron chi connectivity index (χ3n) is 5.55. The van der Waals surface area contributed by atoms with E-state index in [1.165, 1.54) is 12.8 Å². The van der Waals surface area contributed by atoms with Crippen LogP contribution in [0.25, 0.3) is 11.1 Å². The second-order valence-corrected chi connectivity index (χ2v) is 6.99. The number of carbonyl (C=O) groups is 1. The van der Waals surface area contributed by atoms with Crippen LogP contribution in [0.15, 0.2) is 22.6 Å². The maximum absolute atomic E-state index is 13.0. The minimum Gasteiger partial charge on any atom is -0.449 e. The normalized spacial score (nSPS) is 25.0. The number of pyridine rings is 1. The highest BCUT2D eigenvalue weighted by Gasteiger charge is 2.40. The molecule has 2 fully saturated rings. The molecular formula is C19H25N3O2. The summed E-state index contributed by atoms with van der Waals surface area (Å²) in [6.45, 7) is 7.22. The Kier molecular flexibility index (Phi) is 4.04. The Hall–Kier alpha value is -1.88. The molecule has 4 rings (SSSR count). The second-order valence-electron chi connectivity index (χ2n) is 6.99. The van der Waals surface area contributed by atoms with E-state index >= 15 is 0 Å². The summed E-state index contributed by atoms with van der Waals surface area (Å²) < 4.78 is 5.79. The molecule has 128 valence electrons. The van der Waals surface area contributed by atoms with E-state index in [0.29, 0.717) is 23.4 Å². The third kappa shape index (κ3) is 2.61. The van der Waals surface area contributed by atoms with Gasteiger partial charge in [-0.1, -0.05) is 6.92 Å². The van der Waals surface area contributed by atoms with Crippen molar-refractivity contribution in [2.45, 2.75) is 51.6 Å². The maximum atomic E-state index is 13.0. The molecule has 2 saturated heterocycles. The summed E-state index contributed by atoms with van der Waals surface area (Å²) in [5.74, 6) is 0.451. The SMILES string of the molecule is CCN1CCC[C@H]1[C@H]1CCCN1C(=O)c1cc2nc(C)ccc2o1. The first-order chi connectivity index (χ1) is 11.7. The van der Waals surface area contributed by atoms with Crippen molar-refractivity contribution in [3.05, 3.63) is 29.7 Å². The molecule has 0 unspecified atom stereocenters. The van der Waals surface area contributed by atoms with Crippen molar-refractivity contribution < 1.29 is 9.21 Å². The third-order valence-corrected chi connectivity index (χ3v) is 5.55. The highest BCUT2D eigenvalue weighted by atomic mass is 16.3. The maximum Gasteiger partial charge on any atom is 0.289 e. The number of furan rings is 1. The van der Waals surface area contributed by atoms with Gasteiger partial charge in [-0.15, -0.1) is 0 Å². The van der Waals surface area contributed by atoms with Crippen LogP contribution in [0.1, 0.15) is 48.9 Å². The fourth-order valence-corrected chi connectivity index (χ4v) is 4.40. The van der Waals surface area contributed by atoms with Gasteiger partial charge in [0.15, 0.2) is 11.3 Å². The van der Waals surface area contributed by atoms with E-state index < -0.39 is 0 Å². The molecule has 0 bridgehead atoms. The largest absolute Gasteiger partial charge is 0.449 e. The molecule has 2 aromatic rings. The van der Waals surface area contributed by atoms with Crippen molar-refractivity contribution >= 4 is 17.0 Å². The van der Waals surface area contributed by atoms with Crippen molar-refractivity contribution in [3.8, 4) is 0 Å². The summed E-state index contributed by atoms with van der Waals surface area (Å²) in [6, 6.07) is 6.43. The molecule has 4 heterocycles. The van der Waals surface area contributed by atoms with Crippen LogP contribution >= 0.6 is 0 Å². The zero-order valence-corrected chi connectivity index (χ0v) is 14.5. The molecule has 2 aliphatic rings. The topological polar surface area (TPSA) is 49.6 Å². The summed E-state index contributed by atoms with van der Waals surface area (Å²) >= 11 is 0. The van der Waals surface area contributed by atoms with E-state index in [0.717, 1.165) is 43.7 Å². The standard InChI is InChI=1S/C19H25N3O2/c1-3-21-10-4-6-15(21)16-7-5-11-22(16)19(23)18-12-14-17(24-18)9-8-13(2)20-14/h8-9,12,15-16H,3-7,10-11H2,1-2H3/t15-,16+/m0/s1. The van der Waals surface area contributed by atoms with Crippen LogP contribution in [-0.4, -0.2) is 52.4 Å². The average molecular weight is 327 g/mol. The number of carbonyl (C=O) groups excluding carboxylic acids is 1. The number of rotatable bonds is 3. The Balaban J connectivity index is 1.60. The lowest BCUT2D eigenvalue weighted by molar-refractivity contribution is 0.0621. The van der Waals surface area contributed by atoms with Gasteiger partial charge in [0.2, 0.25) is 0 Å². The van der Waals surface area contributed by atoms with Crippen molar-refractivity contribution in [1.82, 2.24) is 14.8 Å². The first kappa shape index (κ1) is 15.6. The lowest BCUT2D eigenvalue weighted by Gasteiger charge is -2.34. The Bertz CT molecular complexity index is 754. The molecule has 1 amide bonds. The summed E-state index contributed by atoms with van der Waals surface area (Å²) in [7, 11) is 0. The van der Waals surface area contributed by atoms with Crippen LogP contribution < -0.4 is 0 Å². The highest BCUT2D eigenvalue weighted by molar-refractivity contribution is 5.95. The highest BCUT2D eigenvalue weighted by Crippen LogP contribution is 2.31. The van der Waals surface area contributed by atoms with Gasteiger partial charge < -0.3 is 9.32 Å². The number of aryl methyl sites for hydroxylation is 1. The molecule has 0 spiro atoms. The van der Waals surface area contributed by atoms with E-state index in [9.17, 15) is 4.79 Å². The van der Waals surface area contributed by atoms with E-state index in [2.05, 4.69) is 16.8 Å². The number of aromatic nitrogens is 1. The molecule has 24 heavy (non-hydrogen) atoms. The molecule has 0 N–H and O–H groups in total. The molecule has 5 heteroatoms. The molecule has 0 aromatic carbocycles. The minimum atomic E-state index is 0.0242. The number of nitrogens with zero attached hydrogens (tertiary/aromatic N) is 3. The van der Waals surface area contributed by atoms with Gasteiger partial charge >= 0.3 is 0 Å². The van der Waals surface area contributed by atoms with Crippen LogP contribution in [0.5, 0.6) is 0 Å². The first-order valence-electron chi connectivity index (χ1n) is 9.09. The number of hydrogen-bond donors (Lipinski definition) is 0. The molecule has 0 aliphatic carbocycles. The molecule has 0 radical (unpaired) electrons. The number of amides is 1. The van der Waals surface area contributed by atoms with Crippen molar-refractivity contribution in [2.75, 3.05) is 19.6 Å². The predicted octanol–water partition coefficient (Wildman–Crippen LogP) is 3.23. The minimum absolute atomic E-state index is 0.0242.